The number of aromatic nitrogens is 1. The van der Waals surface area contributed by atoms with Crippen LogP contribution in [0.25, 0.3) is 0 Å². The van der Waals surface area contributed by atoms with Crippen molar-refractivity contribution >= 4 is 56.6 Å². The van der Waals surface area contributed by atoms with Crippen molar-refractivity contribution in [1.29, 1.82) is 0 Å². The van der Waals surface area contributed by atoms with Crippen LogP contribution in [0.4, 0.5) is 0 Å². The first-order valence-corrected chi connectivity index (χ1v) is 8.64. The lowest BCUT2D eigenvalue weighted by molar-refractivity contribution is -0.706. The quantitative estimate of drug-likeness (QED) is 0.557. The number of pyridine rings is 1. The van der Waals surface area contributed by atoms with Gasteiger partial charge in [-0.3, -0.25) is 15.1 Å². The molecule has 4 nitrogen and oxygen atoms in total. The van der Waals surface area contributed by atoms with Crippen molar-refractivity contribution in [2.24, 2.45) is 0 Å². The van der Waals surface area contributed by atoms with E-state index in [1.165, 1.54) is 0 Å². The van der Waals surface area contributed by atoms with Crippen LogP contribution >= 0.6 is 50.7 Å². The molecule has 8 heteroatoms. The number of quaternary nitrogens is 1. The molecule has 0 radical (unpaired) electrons. The Morgan fingerprint density at radius 3 is 2.52 bits per heavy atom. The summed E-state index contributed by atoms with van der Waals surface area (Å²) in [5.41, 5.74) is 1.45. The number of alkyl halides is 3. The van der Waals surface area contributed by atoms with E-state index < -0.39 is 9.96 Å². The molecule has 1 aromatic carbocycles. The minimum atomic E-state index is -1.65. The number of nitrogens with zero attached hydrogens (tertiary/aromatic N) is 1. The number of nitrogens with one attached hydrogen (secondary N) is 1. The molecule has 1 amide bonds. The Kier molecular flexibility index (Phi) is 6.68. The van der Waals surface area contributed by atoms with Gasteiger partial charge >= 0.3 is 0 Å². The van der Waals surface area contributed by atoms with Crippen LogP contribution in [0, 0.1) is 0 Å². The molecule has 0 spiro atoms. The third-order valence-corrected chi connectivity index (χ3v) is 4.29. The average molecular weight is 439 g/mol. The number of benzene rings is 1. The molecule has 0 aliphatic carbocycles. The van der Waals surface area contributed by atoms with Crippen LogP contribution in [0.3, 0.4) is 0 Å². The molecule has 2 aromatic rings. The van der Waals surface area contributed by atoms with Crippen molar-refractivity contribution in [3.8, 4) is 0 Å². The number of hydrogen-bond donors (Lipinski definition) is 2. The summed E-state index contributed by atoms with van der Waals surface area (Å²) >= 11 is 21.3. The maximum atomic E-state index is 12.3. The molecule has 23 heavy (non-hydrogen) atoms. The van der Waals surface area contributed by atoms with Gasteiger partial charge in [-0.25, -0.2) is 0 Å². The molecule has 0 bridgehead atoms. The predicted molar refractivity (Wildman–Crippen MR) is 95.6 cm³/mol. The Hall–Kier alpha value is -0.850. The summed E-state index contributed by atoms with van der Waals surface area (Å²) in [6.07, 6.45) is 2.68. The normalized spacial score (nSPS) is 12.7. The highest BCUT2D eigenvalue weighted by Crippen LogP contribution is 2.27. The molecule has 1 aromatic heterocycles. The molecule has 0 aliphatic heterocycles. The van der Waals surface area contributed by atoms with Crippen molar-refractivity contribution in [1.82, 2.24) is 10.3 Å². The molecular weight excluding hydrogens is 424 g/mol. The second kappa shape index (κ2) is 8.31. The molecule has 0 saturated heterocycles. The lowest BCUT2D eigenvalue weighted by Gasteiger charge is -2.23. The molecule has 1 atom stereocenters. The number of amides is 1. The van der Waals surface area contributed by atoms with Crippen LogP contribution in [0.2, 0.25) is 0 Å². The summed E-state index contributed by atoms with van der Waals surface area (Å²) in [4.78, 5) is 16.3. The predicted octanol–water partition coefficient (Wildman–Crippen LogP) is 3.03. The SMILES string of the molecule is O=C(NC([NH2+]Cc1cccnc1)C(Cl)(Cl)Cl)c1ccc(Br)cc1. The Morgan fingerprint density at radius 2 is 1.96 bits per heavy atom. The Balaban J connectivity index is 2.04. The van der Waals surface area contributed by atoms with Crippen molar-refractivity contribution < 1.29 is 10.1 Å². The van der Waals surface area contributed by atoms with Crippen LogP contribution in [0.5, 0.6) is 0 Å². The highest BCUT2D eigenvalue weighted by Gasteiger charge is 2.37. The van der Waals surface area contributed by atoms with E-state index in [-0.39, 0.29) is 5.91 Å². The van der Waals surface area contributed by atoms with Gasteiger partial charge < -0.3 is 5.32 Å². The molecule has 122 valence electrons. The zero-order valence-corrected chi connectivity index (χ0v) is 15.7. The topological polar surface area (TPSA) is 58.6 Å². The van der Waals surface area contributed by atoms with Gasteiger partial charge in [-0.05, 0) is 30.3 Å². The van der Waals surface area contributed by atoms with Crippen LogP contribution in [-0.4, -0.2) is 20.8 Å². The second-order valence-electron chi connectivity index (χ2n) is 4.80. The maximum absolute atomic E-state index is 12.3. The van der Waals surface area contributed by atoms with E-state index in [0.29, 0.717) is 12.1 Å². The standard InChI is InChI=1S/C15H13BrCl3N3O/c16-12-5-3-11(4-6-12)13(23)22-14(15(17,18)19)21-9-10-2-1-7-20-8-10/h1-8,14,21H,9H2,(H,22,23)/p+1. The smallest absolute Gasteiger partial charge is 0.262 e. The first-order chi connectivity index (χ1) is 10.9. The second-order valence-corrected chi connectivity index (χ2v) is 8.09. The lowest BCUT2D eigenvalue weighted by Crippen LogP contribution is -2.95. The number of halogens is 4. The minimum Gasteiger partial charge on any atom is -0.319 e. The Bertz CT molecular complexity index is 647. The van der Waals surface area contributed by atoms with Gasteiger partial charge in [-0.2, -0.15) is 0 Å². The van der Waals surface area contributed by atoms with Crippen LogP contribution in [-0.2, 0) is 6.54 Å². The van der Waals surface area contributed by atoms with Gasteiger partial charge in [-0.15, -0.1) is 0 Å². The third-order valence-electron chi connectivity index (χ3n) is 3.06. The largest absolute Gasteiger partial charge is 0.319 e. The van der Waals surface area contributed by atoms with Gasteiger partial charge in [0.2, 0.25) is 6.17 Å². The van der Waals surface area contributed by atoms with Crippen LogP contribution in [0.1, 0.15) is 15.9 Å². The van der Waals surface area contributed by atoms with Crippen molar-refractivity contribution in [3.63, 3.8) is 0 Å². The monoisotopic (exact) mass is 436 g/mol. The summed E-state index contributed by atoms with van der Waals surface area (Å²) in [5, 5.41) is 4.49. The minimum absolute atomic E-state index is 0.309. The number of carbonyl (C=O) groups excluding carboxylic acids is 1. The van der Waals surface area contributed by atoms with Crippen LogP contribution < -0.4 is 10.6 Å². The van der Waals surface area contributed by atoms with E-state index in [9.17, 15) is 4.79 Å². The van der Waals surface area contributed by atoms with E-state index in [2.05, 4.69) is 26.2 Å². The number of rotatable bonds is 5. The van der Waals surface area contributed by atoms with E-state index >= 15 is 0 Å². The van der Waals surface area contributed by atoms with Crippen molar-refractivity contribution in [2.75, 3.05) is 0 Å². The summed E-state index contributed by atoms with van der Waals surface area (Å²) in [5.74, 6) is -0.309. The first kappa shape index (κ1) is 18.5. The summed E-state index contributed by atoms with van der Waals surface area (Å²) in [7, 11) is 0. The van der Waals surface area contributed by atoms with Gasteiger partial charge in [0.25, 0.3) is 9.70 Å². The third kappa shape index (κ3) is 5.94. The fourth-order valence-electron chi connectivity index (χ4n) is 1.87. The van der Waals surface area contributed by atoms with Gasteiger partial charge in [0.15, 0.2) is 0 Å². The van der Waals surface area contributed by atoms with E-state index in [1.54, 1.807) is 42.0 Å². The van der Waals surface area contributed by atoms with Gasteiger partial charge in [0.05, 0.1) is 0 Å². The molecule has 1 unspecified atom stereocenters. The fraction of sp³-hybridized carbons (Fsp3) is 0.200. The number of nitrogens with two attached hydrogens (primary N) is 1. The zero-order chi connectivity index (χ0) is 16.9. The summed E-state index contributed by atoms with van der Waals surface area (Å²) in [6, 6.07) is 10.7. The Morgan fingerprint density at radius 1 is 1.26 bits per heavy atom. The number of carbonyl (C=O) groups is 1. The van der Waals surface area contributed by atoms with Gasteiger partial charge in [0, 0.05) is 28.0 Å². The average Bonchev–Trinajstić information content (AvgIpc) is 2.51. The zero-order valence-electron chi connectivity index (χ0n) is 11.8. The highest BCUT2D eigenvalue weighted by atomic mass is 79.9. The molecule has 1 heterocycles. The highest BCUT2D eigenvalue weighted by molar-refractivity contribution is 9.10. The molecule has 0 fully saturated rings. The maximum Gasteiger partial charge on any atom is 0.262 e. The lowest BCUT2D eigenvalue weighted by atomic mass is 10.2. The molecular formula is C15H14BrCl3N3O+. The first-order valence-electron chi connectivity index (χ1n) is 6.71. The van der Waals surface area contributed by atoms with E-state index in [0.717, 1.165) is 10.0 Å². The summed E-state index contributed by atoms with van der Waals surface area (Å²) in [6.45, 7) is 0.521. The summed E-state index contributed by atoms with van der Waals surface area (Å²) < 4.78 is -0.761. The molecule has 3 N–H and O–H groups in total. The number of hydrogen-bond acceptors (Lipinski definition) is 2. The van der Waals surface area contributed by atoms with Crippen molar-refractivity contribution in [2.45, 2.75) is 16.5 Å². The van der Waals surface area contributed by atoms with E-state index in [4.69, 9.17) is 34.8 Å². The molecule has 2 rings (SSSR count). The van der Waals surface area contributed by atoms with Crippen LogP contribution in [0.15, 0.2) is 53.3 Å². The fourth-order valence-corrected chi connectivity index (χ4v) is 2.57. The van der Waals surface area contributed by atoms with Gasteiger partial charge in [-0.1, -0.05) is 56.8 Å². The molecule has 0 saturated carbocycles. The van der Waals surface area contributed by atoms with E-state index in [1.807, 2.05) is 12.1 Å². The van der Waals surface area contributed by atoms with Crippen molar-refractivity contribution in [3.05, 3.63) is 64.4 Å². The van der Waals surface area contributed by atoms with Gasteiger partial charge in [0.1, 0.15) is 6.54 Å². The Labute approximate surface area is 157 Å². The molecule has 0 aliphatic rings.